The van der Waals surface area contributed by atoms with Gasteiger partial charge < -0.3 is 10.6 Å². The average Bonchev–Trinajstić information content (AvgIpc) is 2.76. The molecule has 0 atom stereocenters. The predicted octanol–water partition coefficient (Wildman–Crippen LogP) is 2.76. The van der Waals surface area contributed by atoms with E-state index in [-0.39, 0.29) is 0 Å². The molecule has 1 saturated heterocycles. The molecule has 6 nitrogen and oxygen atoms in total. The van der Waals surface area contributed by atoms with Gasteiger partial charge in [-0.15, -0.1) is 0 Å². The molecule has 2 aromatic rings. The molecule has 1 fully saturated rings. The Kier molecular flexibility index (Phi) is 7.28. The number of guanidine groups is 1. The predicted molar refractivity (Wildman–Crippen MR) is 117 cm³/mol. The van der Waals surface area contributed by atoms with Gasteiger partial charge in [-0.3, -0.25) is 4.99 Å². The number of hydrogen-bond donors (Lipinski definition) is 2. The maximum Gasteiger partial charge on any atom is 0.243 e. The van der Waals surface area contributed by atoms with Crippen molar-refractivity contribution >= 4 is 16.0 Å². The van der Waals surface area contributed by atoms with E-state index in [1.165, 1.54) is 11.1 Å². The first-order valence-corrected chi connectivity index (χ1v) is 11.5. The van der Waals surface area contributed by atoms with Crippen LogP contribution in [-0.4, -0.2) is 45.4 Å². The Morgan fingerprint density at radius 2 is 1.69 bits per heavy atom. The van der Waals surface area contributed by atoms with Gasteiger partial charge in [0, 0.05) is 33.2 Å². The summed E-state index contributed by atoms with van der Waals surface area (Å²) in [4.78, 5) is 4.66. The number of aliphatic imine (C=N–C) groups is 1. The van der Waals surface area contributed by atoms with Gasteiger partial charge in [0.1, 0.15) is 0 Å². The van der Waals surface area contributed by atoms with Crippen molar-refractivity contribution in [2.45, 2.75) is 31.2 Å². The molecule has 2 aromatic carbocycles. The minimum Gasteiger partial charge on any atom is -0.356 e. The second kappa shape index (κ2) is 9.89. The van der Waals surface area contributed by atoms with Crippen LogP contribution in [-0.2, 0) is 16.6 Å². The summed E-state index contributed by atoms with van der Waals surface area (Å²) in [5.74, 6) is 1.19. The molecule has 1 aliphatic heterocycles. The maximum atomic E-state index is 12.7. The molecule has 0 spiro atoms. The lowest BCUT2D eigenvalue weighted by atomic mass is 9.98. The summed E-state index contributed by atoms with van der Waals surface area (Å²) in [5, 5.41) is 6.71. The number of hydrogen-bond acceptors (Lipinski definition) is 3. The van der Waals surface area contributed by atoms with Gasteiger partial charge in [0.05, 0.1) is 4.90 Å². The Balaban J connectivity index is 1.44. The Labute approximate surface area is 174 Å². The summed E-state index contributed by atoms with van der Waals surface area (Å²) >= 11 is 0. The molecule has 0 aromatic heterocycles. The van der Waals surface area contributed by atoms with Crippen LogP contribution in [0.25, 0.3) is 0 Å². The first-order chi connectivity index (χ1) is 14.0. The van der Waals surface area contributed by atoms with E-state index in [1.54, 1.807) is 35.6 Å². The van der Waals surface area contributed by atoms with Crippen LogP contribution < -0.4 is 10.6 Å². The van der Waals surface area contributed by atoms with Crippen LogP contribution in [0.2, 0.25) is 0 Å². The Bertz CT molecular complexity index is 904. The number of aryl methyl sites for hydroxylation is 1. The van der Waals surface area contributed by atoms with E-state index in [4.69, 9.17) is 0 Å². The molecular formula is C22H30N4O2S. The normalized spacial score (nSPS) is 16.6. The molecule has 1 aliphatic rings. The summed E-state index contributed by atoms with van der Waals surface area (Å²) in [6, 6.07) is 17.1. The number of rotatable bonds is 6. The lowest BCUT2D eigenvalue weighted by Crippen LogP contribution is -2.44. The highest BCUT2D eigenvalue weighted by Crippen LogP contribution is 2.23. The Hall–Kier alpha value is -2.38. The highest BCUT2D eigenvalue weighted by atomic mass is 32.2. The fourth-order valence-corrected chi connectivity index (χ4v) is 4.94. The van der Waals surface area contributed by atoms with E-state index in [2.05, 4.69) is 46.8 Å². The van der Waals surface area contributed by atoms with E-state index in [1.807, 2.05) is 6.07 Å². The van der Waals surface area contributed by atoms with E-state index >= 15 is 0 Å². The molecule has 156 valence electrons. The van der Waals surface area contributed by atoms with Crippen molar-refractivity contribution in [3.63, 3.8) is 0 Å². The molecule has 0 amide bonds. The standard InChI is InChI=1S/C22H30N4O2S/c1-18-8-10-19(11-9-18)16-24-22(23-2)25-17-20-12-14-26(15-13-20)29(27,28)21-6-4-3-5-7-21/h3-11,20H,12-17H2,1-2H3,(H2,23,24,25). The summed E-state index contributed by atoms with van der Waals surface area (Å²) in [6.07, 6.45) is 1.68. The zero-order valence-electron chi connectivity index (χ0n) is 17.1. The molecule has 0 unspecified atom stereocenters. The first kappa shape index (κ1) is 21.3. The maximum absolute atomic E-state index is 12.7. The van der Waals surface area contributed by atoms with E-state index in [0.29, 0.717) is 30.4 Å². The van der Waals surface area contributed by atoms with E-state index in [9.17, 15) is 8.42 Å². The van der Waals surface area contributed by atoms with E-state index < -0.39 is 10.0 Å². The number of benzene rings is 2. The van der Waals surface area contributed by atoms with Gasteiger partial charge in [0.25, 0.3) is 0 Å². The van der Waals surface area contributed by atoms with Crippen LogP contribution in [0.15, 0.2) is 64.5 Å². The molecule has 2 N–H and O–H groups in total. The quantitative estimate of drug-likeness (QED) is 0.563. The lowest BCUT2D eigenvalue weighted by molar-refractivity contribution is 0.273. The summed E-state index contributed by atoms with van der Waals surface area (Å²) < 4.78 is 27.1. The van der Waals surface area contributed by atoms with Crippen molar-refractivity contribution < 1.29 is 8.42 Å². The molecule has 7 heteroatoms. The van der Waals surface area contributed by atoms with Crippen LogP contribution in [0, 0.1) is 12.8 Å². The SMILES string of the molecule is CN=C(NCc1ccc(C)cc1)NCC1CCN(S(=O)(=O)c2ccccc2)CC1. The van der Waals surface area contributed by atoms with Gasteiger partial charge in [0.2, 0.25) is 10.0 Å². The topological polar surface area (TPSA) is 73.8 Å². The number of nitrogens with zero attached hydrogens (tertiary/aromatic N) is 2. The van der Waals surface area contributed by atoms with Gasteiger partial charge in [-0.1, -0.05) is 48.0 Å². The van der Waals surface area contributed by atoms with Crippen LogP contribution in [0.1, 0.15) is 24.0 Å². The smallest absolute Gasteiger partial charge is 0.243 e. The Morgan fingerprint density at radius 3 is 2.31 bits per heavy atom. The highest BCUT2D eigenvalue weighted by molar-refractivity contribution is 7.89. The van der Waals surface area contributed by atoms with Crippen molar-refractivity contribution in [2.24, 2.45) is 10.9 Å². The van der Waals surface area contributed by atoms with Crippen LogP contribution >= 0.6 is 0 Å². The van der Waals surface area contributed by atoms with Crippen molar-refractivity contribution in [1.82, 2.24) is 14.9 Å². The zero-order chi connectivity index (χ0) is 20.7. The third kappa shape index (κ3) is 5.81. The van der Waals surface area contributed by atoms with Crippen molar-refractivity contribution in [1.29, 1.82) is 0 Å². The monoisotopic (exact) mass is 414 g/mol. The molecule has 0 saturated carbocycles. The number of nitrogens with one attached hydrogen (secondary N) is 2. The third-order valence-electron chi connectivity index (χ3n) is 5.32. The largest absolute Gasteiger partial charge is 0.356 e. The molecular weight excluding hydrogens is 384 g/mol. The second-order valence-corrected chi connectivity index (χ2v) is 9.39. The zero-order valence-corrected chi connectivity index (χ0v) is 18.0. The van der Waals surface area contributed by atoms with Crippen molar-refractivity contribution in [2.75, 3.05) is 26.7 Å². The van der Waals surface area contributed by atoms with Crippen molar-refractivity contribution in [3.8, 4) is 0 Å². The van der Waals surface area contributed by atoms with Gasteiger partial charge in [-0.05, 0) is 43.4 Å². The molecule has 0 aliphatic carbocycles. The fraction of sp³-hybridized carbons (Fsp3) is 0.409. The first-order valence-electron chi connectivity index (χ1n) is 10.0. The minimum absolute atomic E-state index is 0.372. The minimum atomic E-state index is -3.39. The van der Waals surface area contributed by atoms with Gasteiger partial charge >= 0.3 is 0 Å². The third-order valence-corrected chi connectivity index (χ3v) is 7.23. The molecule has 3 rings (SSSR count). The van der Waals surface area contributed by atoms with Crippen LogP contribution in [0.5, 0.6) is 0 Å². The molecule has 29 heavy (non-hydrogen) atoms. The fourth-order valence-electron chi connectivity index (χ4n) is 3.45. The molecule has 1 heterocycles. The van der Waals surface area contributed by atoms with Gasteiger partial charge in [0.15, 0.2) is 5.96 Å². The van der Waals surface area contributed by atoms with Gasteiger partial charge in [-0.2, -0.15) is 4.31 Å². The van der Waals surface area contributed by atoms with E-state index in [0.717, 1.165) is 25.3 Å². The number of piperidine rings is 1. The summed E-state index contributed by atoms with van der Waals surface area (Å²) in [6.45, 7) is 4.69. The van der Waals surface area contributed by atoms with Gasteiger partial charge in [-0.25, -0.2) is 8.42 Å². The number of sulfonamides is 1. The van der Waals surface area contributed by atoms with Crippen molar-refractivity contribution in [3.05, 3.63) is 65.7 Å². The van der Waals surface area contributed by atoms with Crippen LogP contribution in [0.3, 0.4) is 0 Å². The van der Waals surface area contributed by atoms with Crippen LogP contribution in [0.4, 0.5) is 0 Å². The second-order valence-electron chi connectivity index (χ2n) is 7.45. The summed E-state index contributed by atoms with van der Waals surface area (Å²) in [5.41, 5.74) is 2.45. The highest BCUT2D eigenvalue weighted by Gasteiger charge is 2.29. The molecule has 0 bridgehead atoms. The lowest BCUT2D eigenvalue weighted by Gasteiger charge is -2.31. The average molecular weight is 415 g/mol. The molecule has 0 radical (unpaired) electrons. The summed E-state index contributed by atoms with van der Waals surface area (Å²) in [7, 11) is -1.62. The Morgan fingerprint density at radius 1 is 1.03 bits per heavy atom.